The first kappa shape index (κ1) is 17.2. The molecule has 2 aromatic rings. The summed E-state index contributed by atoms with van der Waals surface area (Å²) < 4.78 is 11.7. The lowest BCUT2D eigenvalue weighted by molar-refractivity contribution is -0.937. The fraction of sp³-hybridized carbons (Fsp3) is 0.368. The van der Waals surface area contributed by atoms with Gasteiger partial charge in [0.15, 0.2) is 11.5 Å². The van der Waals surface area contributed by atoms with Crippen molar-refractivity contribution in [2.75, 3.05) is 27.8 Å². The Labute approximate surface area is 147 Å². The Morgan fingerprint density at radius 2 is 1.68 bits per heavy atom. The molecule has 0 bridgehead atoms. The molecule has 0 fully saturated rings. The van der Waals surface area contributed by atoms with E-state index in [1.807, 2.05) is 12.1 Å². The molecule has 0 aliphatic carbocycles. The van der Waals surface area contributed by atoms with Crippen LogP contribution < -0.4 is 9.47 Å². The molecular weight excluding hydrogens is 320 g/mol. The molecule has 6 heteroatoms. The molecule has 1 heterocycles. The summed E-state index contributed by atoms with van der Waals surface area (Å²) in [7, 11) is 5.53. The van der Waals surface area contributed by atoms with Crippen LogP contribution in [-0.2, 0) is 19.5 Å². The highest BCUT2D eigenvalue weighted by molar-refractivity contribution is 5.47. The van der Waals surface area contributed by atoms with E-state index in [1.54, 1.807) is 26.4 Å². The van der Waals surface area contributed by atoms with Gasteiger partial charge in [0.1, 0.15) is 13.1 Å². The topological polar surface area (TPSA) is 61.6 Å². The zero-order chi connectivity index (χ0) is 18.0. The molecule has 0 N–H and O–H groups in total. The summed E-state index contributed by atoms with van der Waals surface area (Å²) in [5.74, 6) is 1.53. The highest BCUT2D eigenvalue weighted by Crippen LogP contribution is 2.35. The predicted octanol–water partition coefficient (Wildman–Crippen LogP) is 3.31. The third-order valence-corrected chi connectivity index (χ3v) is 4.89. The summed E-state index contributed by atoms with van der Waals surface area (Å²) in [5.41, 5.74) is 3.81. The van der Waals surface area contributed by atoms with E-state index in [9.17, 15) is 10.1 Å². The van der Waals surface area contributed by atoms with Crippen LogP contribution in [0.25, 0.3) is 0 Å². The average molecular weight is 343 g/mol. The SMILES string of the molecule is COc1cc2c(cc1OC)C[N+](C)(Cc1ccc([N+](=O)[O-])cc1)CC2. The van der Waals surface area contributed by atoms with E-state index in [-0.39, 0.29) is 10.6 Å². The van der Waals surface area contributed by atoms with Gasteiger partial charge in [0.2, 0.25) is 0 Å². The minimum absolute atomic E-state index is 0.132. The van der Waals surface area contributed by atoms with Crippen LogP contribution in [0.4, 0.5) is 5.69 Å². The Morgan fingerprint density at radius 3 is 2.24 bits per heavy atom. The van der Waals surface area contributed by atoms with Gasteiger partial charge in [-0.05, 0) is 29.8 Å². The number of fused-ring (bicyclic) bond motifs is 1. The molecule has 0 amide bonds. The zero-order valence-corrected chi connectivity index (χ0v) is 14.8. The van der Waals surface area contributed by atoms with Crippen molar-refractivity contribution in [1.29, 1.82) is 0 Å². The van der Waals surface area contributed by atoms with Crippen LogP contribution in [-0.4, -0.2) is 37.2 Å². The van der Waals surface area contributed by atoms with Gasteiger partial charge in [-0.2, -0.15) is 0 Å². The maximum atomic E-state index is 10.8. The summed E-state index contributed by atoms with van der Waals surface area (Å²) in [6, 6.07) is 11.0. The Kier molecular flexibility index (Phi) is 4.63. The Morgan fingerprint density at radius 1 is 1.08 bits per heavy atom. The minimum atomic E-state index is -0.364. The van der Waals surface area contributed by atoms with Gasteiger partial charge in [0.05, 0.1) is 32.7 Å². The molecule has 3 rings (SSSR count). The van der Waals surface area contributed by atoms with Gasteiger partial charge in [-0.15, -0.1) is 0 Å². The van der Waals surface area contributed by atoms with E-state index in [1.165, 1.54) is 11.1 Å². The van der Waals surface area contributed by atoms with Gasteiger partial charge < -0.3 is 14.0 Å². The van der Waals surface area contributed by atoms with Crippen LogP contribution >= 0.6 is 0 Å². The van der Waals surface area contributed by atoms with Gasteiger partial charge >= 0.3 is 0 Å². The molecule has 0 spiro atoms. The van der Waals surface area contributed by atoms with E-state index in [0.29, 0.717) is 0 Å². The molecule has 1 unspecified atom stereocenters. The van der Waals surface area contributed by atoms with Crippen LogP contribution in [0, 0.1) is 10.1 Å². The van der Waals surface area contributed by atoms with Crippen molar-refractivity contribution >= 4 is 5.69 Å². The van der Waals surface area contributed by atoms with Gasteiger partial charge in [-0.1, -0.05) is 0 Å². The molecule has 1 aliphatic heterocycles. The van der Waals surface area contributed by atoms with E-state index in [0.717, 1.165) is 47.6 Å². The third kappa shape index (κ3) is 3.58. The molecule has 0 radical (unpaired) electrons. The highest BCUT2D eigenvalue weighted by atomic mass is 16.6. The van der Waals surface area contributed by atoms with Crippen molar-refractivity contribution in [2.45, 2.75) is 19.5 Å². The molecule has 1 aliphatic rings. The lowest BCUT2D eigenvalue weighted by Crippen LogP contribution is -2.46. The van der Waals surface area contributed by atoms with Crippen LogP contribution in [0.15, 0.2) is 36.4 Å². The maximum Gasteiger partial charge on any atom is 0.269 e. The number of rotatable bonds is 5. The number of quaternary nitrogens is 1. The van der Waals surface area contributed by atoms with Gasteiger partial charge in [-0.3, -0.25) is 10.1 Å². The molecule has 2 aromatic carbocycles. The third-order valence-electron chi connectivity index (χ3n) is 4.89. The largest absolute Gasteiger partial charge is 0.493 e. The van der Waals surface area contributed by atoms with Crippen LogP contribution in [0.5, 0.6) is 11.5 Å². The normalized spacial score (nSPS) is 19.2. The molecule has 6 nitrogen and oxygen atoms in total. The molecular formula is C19H23N2O4+. The van der Waals surface area contributed by atoms with Crippen LogP contribution in [0.1, 0.15) is 16.7 Å². The van der Waals surface area contributed by atoms with Crippen LogP contribution in [0.2, 0.25) is 0 Å². The number of nitro benzene ring substituents is 1. The number of benzene rings is 2. The van der Waals surface area contributed by atoms with Crippen molar-refractivity contribution in [1.82, 2.24) is 0 Å². The number of ether oxygens (including phenoxy) is 2. The van der Waals surface area contributed by atoms with Crippen molar-refractivity contribution in [3.63, 3.8) is 0 Å². The lowest BCUT2D eigenvalue weighted by Gasteiger charge is -2.39. The number of nitrogens with zero attached hydrogens (tertiary/aromatic N) is 2. The Bertz CT molecular complexity index is 789. The monoisotopic (exact) mass is 343 g/mol. The first-order valence-electron chi connectivity index (χ1n) is 8.25. The number of hydrogen-bond acceptors (Lipinski definition) is 4. The Balaban J connectivity index is 1.81. The fourth-order valence-corrected chi connectivity index (χ4v) is 3.52. The highest BCUT2D eigenvalue weighted by Gasteiger charge is 2.30. The van der Waals surface area contributed by atoms with Crippen molar-refractivity contribution < 1.29 is 18.9 Å². The number of likely N-dealkylation sites (N-methyl/N-ethyl adjacent to an activating group) is 1. The molecule has 0 saturated carbocycles. The van der Waals surface area contributed by atoms with E-state index >= 15 is 0 Å². The average Bonchev–Trinajstić information content (AvgIpc) is 2.60. The second kappa shape index (κ2) is 6.72. The van der Waals surface area contributed by atoms with Crippen LogP contribution in [0.3, 0.4) is 0 Å². The van der Waals surface area contributed by atoms with Crippen molar-refractivity contribution in [3.8, 4) is 11.5 Å². The van der Waals surface area contributed by atoms with Gasteiger partial charge in [0, 0.05) is 29.7 Å². The minimum Gasteiger partial charge on any atom is -0.493 e. The second-order valence-electron chi connectivity index (χ2n) is 6.81. The van der Waals surface area contributed by atoms with E-state index in [4.69, 9.17) is 9.47 Å². The van der Waals surface area contributed by atoms with Crippen molar-refractivity contribution in [3.05, 3.63) is 63.2 Å². The quantitative estimate of drug-likeness (QED) is 0.475. The summed E-state index contributed by atoms with van der Waals surface area (Å²) in [6.45, 7) is 2.75. The van der Waals surface area contributed by atoms with Gasteiger partial charge in [0.25, 0.3) is 5.69 Å². The number of hydrogen-bond donors (Lipinski definition) is 0. The summed E-state index contributed by atoms with van der Waals surface area (Å²) >= 11 is 0. The van der Waals surface area contributed by atoms with Crippen molar-refractivity contribution in [2.24, 2.45) is 0 Å². The summed E-state index contributed by atoms with van der Waals surface area (Å²) in [6.07, 6.45) is 0.971. The molecule has 132 valence electrons. The standard InChI is InChI=1S/C19H23N2O4/c1-21(12-14-4-6-17(7-5-14)20(22)23)9-8-15-10-18(24-2)19(25-3)11-16(15)13-21/h4-7,10-11H,8-9,12-13H2,1-3H3/q+1. The maximum absolute atomic E-state index is 10.8. The smallest absolute Gasteiger partial charge is 0.269 e. The van der Waals surface area contributed by atoms with Gasteiger partial charge in [-0.25, -0.2) is 0 Å². The summed E-state index contributed by atoms with van der Waals surface area (Å²) in [5, 5.41) is 10.8. The lowest BCUT2D eigenvalue weighted by atomic mass is 9.96. The van der Waals surface area contributed by atoms with E-state index in [2.05, 4.69) is 19.2 Å². The molecule has 0 aromatic heterocycles. The first-order chi connectivity index (χ1) is 11.9. The fourth-order valence-electron chi connectivity index (χ4n) is 3.52. The molecule has 0 saturated heterocycles. The molecule has 1 atom stereocenters. The first-order valence-corrected chi connectivity index (χ1v) is 8.25. The number of non-ortho nitro benzene ring substituents is 1. The molecule has 25 heavy (non-hydrogen) atoms. The summed E-state index contributed by atoms with van der Waals surface area (Å²) in [4.78, 5) is 10.4. The number of nitro groups is 1. The van der Waals surface area contributed by atoms with E-state index < -0.39 is 0 Å². The number of methoxy groups -OCH3 is 2. The Hall–Kier alpha value is -2.60. The predicted molar refractivity (Wildman–Crippen MR) is 94.8 cm³/mol. The zero-order valence-electron chi connectivity index (χ0n) is 14.8. The second-order valence-corrected chi connectivity index (χ2v) is 6.81.